The molecule has 2 N–H and O–H groups in total. The maximum atomic E-state index is 5.45. The van der Waals surface area contributed by atoms with Crippen LogP contribution < -0.4 is 10.5 Å². The first-order valence-electron chi connectivity index (χ1n) is 2.72. The monoisotopic (exact) mass is 137 g/mol. The van der Waals surface area contributed by atoms with Gasteiger partial charge in [0.15, 0.2) is 0 Å². The average Bonchev–Trinajstić information content (AvgIpc) is 1.88. The molecule has 0 saturated carbocycles. The van der Waals surface area contributed by atoms with E-state index in [1.165, 1.54) is 0 Å². The molecule has 0 aliphatic carbocycles. The molecule has 1 aromatic carbocycles. The first-order valence-corrected chi connectivity index (χ1v) is 2.72. The van der Waals surface area contributed by atoms with Crippen LogP contribution in [0.1, 0.15) is 0 Å². The highest BCUT2D eigenvalue weighted by molar-refractivity contribution is 5.75. The van der Waals surface area contributed by atoms with Crippen LogP contribution in [0.4, 0.5) is 5.69 Å². The fraction of sp³-hybridized carbons (Fsp3) is 0.143. The molecule has 0 unspecified atom stereocenters. The molecule has 0 aromatic heterocycles. The fourth-order valence-electron chi connectivity index (χ4n) is 0.642. The third kappa shape index (κ3) is 2.01. The zero-order valence-electron chi connectivity index (χ0n) is 5.29. The number of anilines is 1. The standard InChI is InChI=1S/C7H9NO.BH3/c1-9-7-4-2-3-6(8)5-7;/h2-5H,8H2,1H3;1H3. The van der Waals surface area contributed by atoms with E-state index in [0.29, 0.717) is 0 Å². The summed E-state index contributed by atoms with van der Waals surface area (Å²) in [5.74, 6) is 0.801. The number of nitrogen functional groups attached to an aromatic ring is 1. The van der Waals surface area contributed by atoms with Gasteiger partial charge in [-0.25, -0.2) is 0 Å². The van der Waals surface area contributed by atoms with Crippen LogP contribution in [0, 0.1) is 0 Å². The van der Waals surface area contributed by atoms with E-state index in [9.17, 15) is 0 Å². The van der Waals surface area contributed by atoms with Crippen LogP contribution in [0.3, 0.4) is 0 Å². The lowest BCUT2D eigenvalue weighted by molar-refractivity contribution is 0.415. The van der Waals surface area contributed by atoms with Crippen molar-refractivity contribution < 1.29 is 4.74 Å². The second-order valence-electron chi connectivity index (χ2n) is 1.78. The van der Waals surface area contributed by atoms with Crippen molar-refractivity contribution in [3.05, 3.63) is 24.3 Å². The Morgan fingerprint density at radius 2 is 2.10 bits per heavy atom. The first-order chi connectivity index (χ1) is 4.33. The minimum Gasteiger partial charge on any atom is -0.497 e. The summed E-state index contributed by atoms with van der Waals surface area (Å²) in [4.78, 5) is 0. The molecule has 0 atom stereocenters. The molecule has 0 bridgehead atoms. The van der Waals surface area contributed by atoms with Crippen LogP contribution in [0.15, 0.2) is 24.3 Å². The topological polar surface area (TPSA) is 35.2 Å². The Bertz CT molecular complexity index is 203. The third-order valence-corrected chi connectivity index (χ3v) is 1.09. The van der Waals surface area contributed by atoms with Gasteiger partial charge < -0.3 is 10.5 Å². The van der Waals surface area contributed by atoms with E-state index in [4.69, 9.17) is 10.5 Å². The van der Waals surface area contributed by atoms with Crippen molar-refractivity contribution in [1.29, 1.82) is 0 Å². The highest BCUT2D eigenvalue weighted by Gasteiger charge is 1.87. The van der Waals surface area contributed by atoms with Crippen molar-refractivity contribution in [2.45, 2.75) is 0 Å². The first kappa shape index (κ1) is 8.88. The van der Waals surface area contributed by atoms with E-state index in [-0.39, 0.29) is 8.41 Å². The molecule has 54 valence electrons. The number of hydrogen-bond donors (Lipinski definition) is 1. The summed E-state index contributed by atoms with van der Waals surface area (Å²) in [7, 11) is 1.62. The predicted octanol–water partition coefficient (Wildman–Crippen LogP) is 0.0935. The highest BCUT2D eigenvalue weighted by Crippen LogP contribution is 2.12. The quantitative estimate of drug-likeness (QED) is 0.439. The van der Waals surface area contributed by atoms with Gasteiger partial charge in [-0.1, -0.05) is 6.07 Å². The molecule has 0 aliphatic rings. The second-order valence-corrected chi connectivity index (χ2v) is 1.78. The Labute approximate surface area is 62.6 Å². The summed E-state index contributed by atoms with van der Waals surface area (Å²) in [5.41, 5.74) is 6.19. The molecule has 3 heteroatoms. The summed E-state index contributed by atoms with van der Waals surface area (Å²) in [6, 6.07) is 7.31. The Morgan fingerprint density at radius 3 is 2.50 bits per heavy atom. The number of methoxy groups -OCH3 is 1. The number of nitrogens with two attached hydrogens (primary N) is 1. The van der Waals surface area contributed by atoms with Crippen LogP contribution in [0.5, 0.6) is 5.75 Å². The largest absolute Gasteiger partial charge is 0.497 e. The molecule has 0 aliphatic heterocycles. The third-order valence-electron chi connectivity index (χ3n) is 1.09. The van der Waals surface area contributed by atoms with Gasteiger partial charge in [-0.05, 0) is 12.1 Å². The van der Waals surface area contributed by atoms with Crippen LogP contribution in [-0.2, 0) is 0 Å². The summed E-state index contributed by atoms with van der Waals surface area (Å²) in [6.07, 6.45) is 0. The SMILES string of the molecule is B.COc1cccc(N)c1. The Balaban J connectivity index is 0.000000810. The normalized spacial score (nSPS) is 8.10. The van der Waals surface area contributed by atoms with Gasteiger partial charge >= 0.3 is 0 Å². The lowest BCUT2D eigenvalue weighted by atomic mass is 10.3. The predicted molar refractivity (Wildman–Crippen MR) is 47.3 cm³/mol. The molecule has 0 amide bonds. The van der Waals surface area contributed by atoms with Crippen LogP contribution in [0.2, 0.25) is 0 Å². The van der Waals surface area contributed by atoms with Crippen molar-refractivity contribution >= 4 is 14.1 Å². The second kappa shape index (κ2) is 3.83. The fourth-order valence-corrected chi connectivity index (χ4v) is 0.642. The molecule has 2 nitrogen and oxygen atoms in total. The average molecular weight is 137 g/mol. The molecular formula is C7H12BNO. The van der Waals surface area contributed by atoms with Crippen LogP contribution >= 0.6 is 0 Å². The van der Waals surface area contributed by atoms with Crippen molar-refractivity contribution in [2.75, 3.05) is 12.8 Å². The summed E-state index contributed by atoms with van der Waals surface area (Å²) >= 11 is 0. The lowest BCUT2D eigenvalue weighted by Crippen LogP contribution is -1.86. The van der Waals surface area contributed by atoms with Gasteiger partial charge in [0.05, 0.1) is 15.5 Å². The molecule has 0 radical (unpaired) electrons. The molecule has 1 rings (SSSR count). The van der Waals surface area contributed by atoms with Crippen LogP contribution in [-0.4, -0.2) is 15.5 Å². The number of ether oxygens (including phenoxy) is 1. The van der Waals surface area contributed by atoms with Crippen LogP contribution in [0.25, 0.3) is 0 Å². The maximum absolute atomic E-state index is 5.45. The van der Waals surface area contributed by atoms with Gasteiger partial charge in [-0.2, -0.15) is 0 Å². The molecule has 10 heavy (non-hydrogen) atoms. The van der Waals surface area contributed by atoms with Gasteiger partial charge in [0.1, 0.15) is 5.75 Å². The molecule has 0 spiro atoms. The zero-order valence-corrected chi connectivity index (χ0v) is 5.29. The van der Waals surface area contributed by atoms with Gasteiger partial charge in [-0.15, -0.1) is 0 Å². The van der Waals surface area contributed by atoms with E-state index >= 15 is 0 Å². The van der Waals surface area contributed by atoms with Crippen molar-refractivity contribution in [1.82, 2.24) is 0 Å². The van der Waals surface area contributed by atoms with E-state index in [0.717, 1.165) is 11.4 Å². The maximum Gasteiger partial charge on any atom is 0.120 e. The van der Waals surface area contributed by atoms with Gasteiger partial charge in [0, 0.05) is 11.8 Å². The van der Waals surface area contributed by atoms with E-state index < -0.39 is 0 Å². The van der Waals surface area contributed by atoms with Gasteiger partial charge in [0.25, 0.3) is 0 Å². The molecular weight excluding hydrogens is 125 g/mol. The molecule has 0 heterocycles. The summed E-state index contributed by atoms with van der Waals surface area (Å²) in [6.45, 7) is 0. The minimum atomic E-state index is 0. The van der Waals surface area contributed by atoms with Crippen molar-refractivity contribution in [2.24, 2.45) is 0 Å². The Hall–Kier alpha value is -1.12. The Morgan fingerprint density at radius 1 is 1.40 bits per heavy atom. The smallest absolute Gasteiger partial charge is 0.120 e. The lowest BCUT2D eigenvalue weighted by Gasteiger charge is -1.97. The summed E-state index contributed by atoms with van der Waals surface area (Å²) < 4.78 is 4.92. The Kier molecular flexibility index (Phi) is 3.40. The highest BCUT2D eigenvalue weighted by atomic mass is 16.5. The molecule has 1 aromatic rings. The van der Waals surface area contributed by atoms with E-state index in [1.54, 1.807) is 13.2 Å². The number of hydrogen-bond acceptors (Lipinski definition) is 2. The number of benzene rings is 1. The van der Waals surface area contributed by atoms with E-state index in [2.05, 4.69) is 0 Å². The summed E-state index contributed by atoms with van der Waals surface area (Å²) in [5, 5.41) is 0. The zero-order chi connectivity index (χ0) is 6.69. The molecule has 0 fully saturated rings. The van der Waals surface area contributed by atoms with E-state index in [1.807, 2.05) is 18.2 Å². The number of rotatable bonds is 1. The van der Waals surface area contributed by atoms with Crippen molar-refractivity contribution in [3.63, 3.8) is 0 Å². The molecule has 0 saturated heterocycles. The van der Waals surface area contributed by atoms with Crippen molar-refractivity contribution in [3.8, 4) is 5.75 Å². The minimum absolute atomic E-state index is 0. The van der Waals surface area contributed by atoms with Gasteiger partial charge in [0.2, 0.25) is 0 Å². The van der Waals surface area contributed by atoms with Gasteiger partial charge in [-0.3, -0.25) is 0 Å².